The van der Waals surface area contributed by atoms with E-state index in [1.54, 1.807) is 19.1 Å². The summed E-state index contributed by atoms with van der Waals surface area (Å²) in [4.78, 5) is 24.5. The highest BCUT2D eigenvalue weighted by molar-refractivity contribution is 5.98. The number of nitrogens with zero attached hydrogens (tertiary/aromatic N) is 3. The molecule has 0 spiro atoms. The molecule has 4 rings (SSSR count). The molecule has 0 bridgehead atoms. The zero-order chi connectivity index (χ0) is 26.7. The van der Waals surface area contributed by atoms with E-state index in [1.165, 1.54) is 53.2 Å². The molecule has 0 saturated heterocycles. The second-order valence-electron chi connectivity index (χ2n) is 8.27. The van der Waals surface area contributed by atoms with E-state index in [0.717, 1.165) is 12.1 Å². The van der Waals surface area contributed by atoms with Gasteiger partial charge in [-0.15, -0.1) is 5.10 Å². The Morgan fingerprint density at radius 2 is 1.59 bits per heavy atom. The van der Waals surface area contributed by atoms with Gasteiger partial charge in [0.15, 0.2) is 5.69 Å². The number of carbonyl (C=O) groups excluding carboxylic acids is 1. The Kier molecular flexibility index (Phi) is 7.05. The Morgan fingerprint density at radius 1 is 0.973 bits per heavy atom. The summed E-state index contributed by atoms with van der Waals surface area (Å²) in [6.07, 6.45) is -4.48. The largest absolute Gasteiger partial charge is 0.478 e. The molecule has 7 nitrogen and oxygen atoms in total. The summed E-state index contributed by atoms with van der Waals surface area (Å²) in [7, 11) is 0. The molecule has 2 N–H and O–H groups in total. The van der Waals surface area contributed by atoms with E-state index in [-0.39, 0.29) is 23.5 Å². The number of aromatic carboxylic acids is 1. The molecule has 1 aromatic heterocycles. The molecule has 190 valence electrons. The Hall–Kier alpha value is -4.54. The van der Waals surface area contributed by atoms with Gasteiger partial charge in [0.05, 0.1) is 23.7 Å². The number of nitrogens with one attached hydrogen (secondary N) is 1. The van der Waals surface area contributed by atoms with Crippen LogP contribution in [0.5, 0.6) is 0 Å². The van der Waals surface area contributed by atoms with Crippen LogP contribution in [0.25, 0.3) is 11.3 Å². The summed E-state index contributed by atoms with van der Waals surface area (Å²) in [5.41, 5.74) is 1.00. The van der Waals surface area contributed by atoms with Crippen LogP contribution in [0.4, 0.5) is 17.6 Å². The van der Waals surface area contributed by atoms with Crippen molar-refractivity contribution in [3.63, 3.8) is 0 Å². The van der Waals surface area contributed by atoms with Crippen molar-refractivity contribution >= 4 is 11.9 Å². The van der Waals surface area contributed by atoms with Crippen molar-refractivity contribution in [1.82, 2.24) is 20.3 Å². The van der Waals surface area contributed by atoms with Crippen LogP contribution in [0.1, 0.15) is 50.5 Å². The second-order valence-corrected chi connectivity index (χ2v) is 8.27. The summed E-state index contributed by atoms with van der Waals surface area (Å²) in [5.74, 6) is -2.14. The highest BCUT2D eigenvalue weighted by Crippen LogP contribution is 2.29. The normalized spacial score (nSPS) is 12.2. The molecule has 0 radical (unpaired) electrons. The molecule has 0 fully saturated rings. The SMILES string of the molecule is C[C@H](NC(=O)c1c(-c2ccc(F)cc2)nnn1Cc1ccc(C(F)(F)F)cc1)c1ccc(C(=O)O)cc1. The van der Waals surface area contributed by atoms with E-state index in [9.17, 15) is 27.2 Å². The number of rotatable bonds is 7. The summed E-state index contributed by atoms with van der Waals surface area (Å²) >= 11 is 0. The van der Waals surface area contributed by atoms with Gasteiger partial charge in [-0.1, -0.05) is 29.5 Å². The highest BCUT2D eigenvalue weighted by atomic mass is 19.4. The van der Waals surface area contributed by atoms with Gasteiger partial charge in [-0.3, -0.25) is 4.79 Å². The first kappa shape index (κ1) is 25.5. The average Bonchev–Trinajstić information content (AvgIpc) is 3.27. The van der Waals surface area contributed by atoms with Gasteiger partial charge in [0.2, 0.25) is 0 Å². The Labute approximate surface area is 208 Å². The fourth-order valence-electron chi connectivity index (χ4n) is 3.69. The number of aromatic nitrogens is 3. The smallest absolute Gasteiger partial charge is 0.416 e. The standard InChI is InChI=1S/C26H20F4N4O3/c1-15(17-4-6-19(7-5-17)25(36)37)31-24(35)23-22(18-8-12-21(27)13-9-18)32-33-34(23)14-16-2-10-20(11-3-16)26(28,29)30/h2-13,15H,14H2,1H3,(H,31,35)(H,36,37)/t15-/m0/s1. The first-order valence-corrected chi connectivity index (χ1v) is 11.0. The maximum atomic E-state index is 13.5. The first-order chi connectivity index (χ1) is 17.5. The lowest BCUT2D eigenvalue weighted by molar-refractivity contribution is -0.137. The lowest BCUT2D eigenvalue weighted by Crippen LogP contribution is -2.29. The van der Waals surface area contributed by atoms with Crippen LogP contribution in [0.15, 0.2) is 72.8 Å². The third-order valence-electron chi connectivity index (χ3n) is 5.69. The van der Waals surface area contributed by atoms with Gasteiger partial charge in [-0.25, -0.2) is 13.9 Å². The summed E-state index contributed by atoms with van der Waals surface area (Å²) < 4.78 is 53.5. The summed E-state index contributed by atoms with van der Waals surface area (Å²) in [6.45, 7) is 1.66. The van der Waals surface area contributed by atoms with Crippen LogP contribution in [-0.2, 0) is 12.7 Å². The molecule has 1 amide bonds. The van der Waals surface area contributed by atoms with Crippen molar-refractivity contribution in [2.24, 2.45) is 0 Å². The van der Waals surface area contributed by atoms with Gasteiger partial charge in [0, 0.05) is 5.56 Å². The average molecular weight is 512 g/mol. The number of benzene rings is 3. The van der Waals surface area contributed by atoms with Crippen LogP contribution in [0, 0.1) is 5.82 Å². The van der Waals surface area contributed by atoms with Gasteiger partial charge in [-0.2, -0.15) is 13.2 Å². The number of carbonyl (C=O) groups is 2. The predicted octanol–water partition coefficient (Wildman–Crippen LogP) is 5.34. The lowest BCUT2D eigenvalue weighted by Gasteiger charge is -2.16. The molecule has 0 unspecified atom stereocenters. The number of amides is 1. The predicted molar refractivity (Wildman–Crippen MR) is 125 cm³/mol. The number of alkyl halides is 3. The molecule has 1 heterocycles. The van der Waals surface area contributed by atoms with E-state index in [0.29, 0.717) is 16.7 Å². The molecular formula is C26H20F4N4O3. The second kappa shape index (κ2) is 10.2. The van der Waals surface area contributed by atoms with Gasteiger partial charge in [-0.05, 0) is 66.6 Å². The minimum absolute atomic E-state index is 0.0283. The van der Waals surface area contributed by atoms with Crippen LogP contribution in [0.3, 0.4) is 0 Å². The maximum Gasteiger partial charge on any atom is 0.416 e. The number of halogens is 4. The molecule has 0 saturated carbocycles. The lowest BCUT2D eigenvalue weighted by atomic mass is 10.1. The molecule has 0 aliphatic heterocycles. The van der Waals surface area contributed by atoms with Crippen molar-refractivity contribution < 1.29 is 32.3 Å². The molecule has 3 aromatic carbocycles. The van der Waals surface area contributed by atoms with E-state index in [1.807, 2.05) is 0 Å². The molecule has 4 aromatic rings. The van der Waals surface area contributed by atoms with E-state index in [4.69, 9.17) is 5.11 Å². The van der Waals surface area contributed by atoms with Crippen molar-refractivity contribution in [3.8, 4) is 11.3 Å². The minimum atomic E-state index is -4.48. The van der Waals surface area contributed by atoms with Crippen LogP contribution in [-0.4, -0.2) is 32.0 Å². The zero-order valence-electron chi connectivity index (χ0n) is 19.3. The number of hydrogen-bond donors (Lipinski definition) is 2. The third kappa shape index (κ3) is 5.83. The van der Waals surface area contributed by atoms with Crippen LogP contribution >= 0.6 is 0 Å². The fraction of sp³-hybridized carbons (Fsp3) is 0.154. The monoisotopic (exact) mass is 512 g/mol. The maximum absolute atomic E-state index is 13.5. The Bertz CT molecular complexity index is 1410. The topological polar surface area (TPSA) is 97.1 Å². The Balaban J connectivity index is 1.65. The minimum Gasteiger partial charge on any atom is -0.478 e. The van der Waals surface area contributed by atoms with Crippen LogP contribution in [0.2, 0.25) is 0 Å². The molecule has 0 aliphatic rings. The third-order valence-corrected chi connectivity index (χ3v) is 5.69. The van der Waals surface area contributed by atoms with E-state index >= 15 is 0 Å². The van der Waals surface area contributed by atoms with E-state index in [2.05, 4.69) is 15.6 Å². The molecule has 11 heteroatoms. The van der Waals surface area contributed by atoms with E-state index < -0.39 is 35.5 Å². The molecule has 0 aliphatic carbocycles. The molecular weight excluding hydrogens is 492 g/mol. The first-order valence-electron chi connectivity index (χ1n) is 11.0. The summed E-state index contributed by atoms with van der Waals surface area (Å²) in [6, 6.07) is 15.2. The number of carboxylic acids is 1. The fourth-order valence-corrected chi connectivity index (χ4v) is 3.69. The molecule has 1 atom stereocenters. The van der Waals surface area contributed by atoms with Gasteiger partial charge >= 0.3 is 12.1 Å². The van der Waals surface area contributed by atoms with Gasteiger partial charge < -0.3 is 10.4 Å². The molecule has 37 heavy (non-hydrogen) atoms. The number of carboxylic acid groups (broad SMARTS) is 1. The Morgan fingerprint density at radius 3 is 2.16 bits per heavy atom. The van der Waals surface area contributed by atoms with Gasteiger partial charge in [0.1, 0.15) is 11.5 Å². The summed E-state index contributed by atoms with van der Waals surface area (Å²) in [5, 5.41) is 20.0. The van der Waals surface area contributed by atoms with Crippen molar-refractivity contribution in [2.45, 2.75) is 25.7 Å². The van der Waals surface area contributed by atoms with Crippen molar-refractivity contribution in [2.75, 3.05) is 0 Å². The van der Waals surface area contributed by atoms with Gasteiger partial charge in [0.25, 0.3) is 5.91 Å². The highest BCUT2D eigenvalue weighted by Gasteiger charge is 2.30. The van der Waals surface area contributed by atoms with Crippen molar-refractivity contribution in [1.29, 1.82) is 0 Å². The number of hydrogen-bond acceptors (Lipinski definition) is 4. The zero-order valence-corrected chi connectivity index (χ0v) is 19.3. The quantitative estimate of drug-likeness (QED) is 0.326. The van der Waals surface area contributed by atoms with Crippen LogP contribution < -0.4 is 5.32 Å². The van der Waals surface area contributed by atoms with Crippen molar-refractivity contribution in [3.05, 3.63) is 107 Å².